The monoisotopic (exact) mass is 314 g/mol. The van der Waals surface area contributed by atoms with Crippen molar-refractivity contribution >= 4 is 29.1 Å². The van der Waals surface area contributed by atoms with E-state index in [0.29, 0.717) is 22.2 Å². The van der Waals surface area contributed by atoms with Crippen LogP contribution in [0.5, 0.6) is 0 Å². The minimum absolute atomic E-state index is 0.0737. The Kier molecular flexibility index (Phi) is 6.80. The summed E-state index contributed by atoms with van der Waals surface area (Å²) in [5.41, 5.74) is 0.597. The fraction of sp³-hybridized carbons (Fsp3) is 0.429. The summed E-state index contributed by atoms with van der Waals surface area (Å²) in [6.45, 7) is 4.11. The molecule has 0 saturated carbocycles. The lowest BCUT2D eigenvalue weighted by Crippen LogP contribution is -2.28. The third-order valence-corrected chi connectivity index (χ3v) is 3.23. The highest BCUT2D eigenvalue weighted by Gasteiger charge is 2.15. The van der Waals surface area contributed by atoms with Crippen LogP contribution in [0.4, 0.5) is 0 Å². The minimum atomic E-state index is -0.753. The first-order valence-electron chi connectivity index (χ1n) is 6.19. The van der Waals surface area contributed by atoms with Crippen molar-refractivity contribution in [1.82, 2.24) is 5.32 Å². The number of carbonyl (C=O) groups is 1. The van der Waals surface area contributed by atoms with E-state index in [-0.39, 0.29) is 18.4 Å². The quantitative estimate of drug-likeness (QED) is 0.874. The lowest BCUT2D eigenvalue weighted by atomic mass is 10.1. The summed E-state index contributed by atoms with van der Waals surface area (Å²) in [7, 11) is 0. The number of hydrogen-bond acceptors (Lipinski definition) is 3. The predicted molar refractivity (Wildman–Crippen MR) is 78.7 cm³/mol. The Hall–Kier alpha value is -1.28. The molecule has 0 fully saturated rings. The zero-order valence-electron chi connectivity index (χ0n) is 11.3. The van der Waals surface area contributed by atoms with E-state index in [4.69, 9.17) is 33.2 Å². The maximum atomic E-state index is 11.7. The van der Waals surface area contributed by atoms with Crippen LogP contribution in [0.1, 0.15) is 31.9 Å². The number of rotatable bonds is 6. The first-order valence-corrected chi connectivity index (χ1v) is 6.95. The van der Waals surface area contributed by atoms with Crippen LogP contribution in [0, 0.1) is 11.3 Å². The molecular weight excluding hydrogens is 299 g/mol. The van der Waals surface area contributed by atoms with Gasteiger partial charge in [-0.1, -0.05) is 29.3 Å². The van der Waals surface area contributed by atoms with Crippen LogP contribution in [-0.2, 0) is 9.53 Å². The Labute approximate surface area is 128 Å². The summed E-state index contributed by atoms with van der Waals surface area (Å²) < 4.78 is 5.29. The second-order valence-corrected chi connectivity index (χ2v) is 5.29. The molecule has 0 bridgehead atoms. The molecule has 1 amide bonds. The summed E-state index contributed by atoms with van der Waals surface area (Å²) in [6, 6.07) is 6.09. The largest absolute Gasteiger partial charge is 0.378 e. The van der Waals surface area contributed by atoms with Gasteiger partial charge in [0.1, 0.15) is 6.04 Å². The molecule has 1 atom stereocenters. The normalized spacial score (nSPS) is 12.0. The van der Waals surface area contributed by atoms with Gasteiger partial charge in [0.15, 0.2) is 0 Å². The van der Waals surface area contributed by atoms with Gasteiger partial charge in [0.05, 0.1) is 35.2 Å². The summed E-state index contributed by atoms with van der Waals surface area (Å²) in [4.78, 5) is 11.7. The number of carbonyl (C=O) groups excluding carboxylic acids is 1. The van der Waals surface area contributed by atoms with Crippen molar-refractivity contribution in [2.45, 2.75) is 32.4 Å². The smallest absolute Gasteiger partial charge is 0.223 e. The van der Waals surface area contributed by atoms with E-state index in [2.05, 4.69) is 5.32 Å². The van der Waals surface area contributed by atoms with E-state index < -0.39 is 6.04 Å². The minimum Gasteiger partial charge on any atom is -0.378 e. The van der Waals surface area contributed by atoms with Crippen molar-refractivity contribution < 1.29 is 9.53 Å². The summed E-state index contributed by atoms with van der Waals surface area (Å²) in [5.74, 6) is -0.247. The number of nitriles is 1. The standard InChI is InChI=1S/C14H16Cl2N2O2/c1-9(2)20-6-5-14(19)18-13(8-17)10-3-4-11(15)12(16)7-10/h3-4,7,9,13H,5-6H2,1-2H3,(H,18,19)/t13-/m1/s1. The van der Waals surface area contributed by atoms with E-state index in [0.717, 1.165) is 0 Å². The van der Waals surface area contributed by atoms with Gasteiger partial charge >= 0.3 is 0 Å². The van der Waals surface area contributed by atoms with Gasteiger partial charge in [-0.05, 0) is 31.5 Å². The molecule has 1 aromatic rings. The number of hydrogen-bond donors (Lipinski definition) is 1. The van der Waals surface area contributed by atoms with Crippen LogP contribution in [0.25, 0.3) is 0 Å². The van der Waals surface area contributed by atoms with Crippen LogP contribution in [0.2, 0.25) is 10.0 Å². The lowest BCUT2D eigenvalue weighted by molar-refractivity contribution is -0.122. The average molecular weight is 315 g/mol. The number of nitrogens with zero attached hydrogens (tertiary/aromatic N) is 1. The summed E-state index contributed by atoms with van der Waals surface area (Å²) >= 11 is 11.7. The fourth-order valence-electron chi connectivity index (χ4n) is 1.50. The second kappa shape index (κ2) is 8.11. The van der Waals surface area contributed by atoms with Crippen molar-refractivity contribution in [2.24, 2.45) is 0 Å². The molecule has 1 aromatic carbocycles. The highest BCUT2D eigenvalue weighted by Crippen LogP contribution is 2.25. The van der Waals surface area contributed by atoms with Crippen molar-refractivity contribution in [3.05, 3.63) is 33.8 Å². The molecule has 6 heteroatoms. The Morgan fingerprint density at radius 2 is 2.10 bits per heavy atom. The molecule has 0 aliphatic heterocycles. The Morgan fingerprint density at radius 1 is 1.40 bits per heavy atom. The SMILES string of the molecule is CC(C)OCCC(=O)N[C@H](C#N)c1ccc(Cl)c(Cl)c1. The molecule has 0 aliphatic carbocycles. The van der Waals surface area contributed by atoms with Crippen LogP contribution in [-0.4, -0.2) is 18.6 Å². The fourth-order valence-corrected chi connectivity index (χ4v) is 1.81. The Morgan fingerprint density at radius 3 is 2.65 bits per heavy atom. The molecule has 0 aromatic heterocycles. The average Bonchev–Trinajstić information content (AvgIpc) is 2.39. The van der Waals surface area contributed by atoms with Crippen LogP contribution in [0.15, 0.2) is 18.2 Å². The maximum absolute atomic E-state index is 11.7. The van der Waals surface area contributed by atoms with Gasteiger partial charge in [-0.25, -0.2) is 0 Å². The van der Waals surface area contributed by atoms with Gasteiger partial charge in [-0.15, -0.1) is 0 Å². The summed E-state index contributed by atoms with van der Waals surface area (Å²) in [6.07, 6.45) is 0.280. The number of benzene rings is 1. The van der Waals surface area contributed by atoms with Crippen molar-refractivity contribution in [3.63, 3.8) is 0 Å². The van der Waals surface area contributed by atoms with Gasteiger partial charge in [-0.2, -0.15) is 5.26 Å². The topological polar surface area (TPSA) is 62.1 Å². The van der Waals surface area contributed by atoms with E-state index in [1.165, 1.54) is 0 Å². The lowest BCUT2D eigenvalue weighted by Gasteiger charge is -2.13. The van der Waals surface area contributed by atoms with E-state index in [1.807, 2.05) is 19.9 Å². The van der Waals surface area contributed by atoms with Gasteiger partial charge in [-0.3, -0.25) is 4.79 Å². The number of amides is 1. The molecular formula is C14H16Cl2N2O2. The van der Waals surface area contributed by atoms with Crippen molar-refractivity contribution in [1.29, 1.82) is 5.26 Å². The van der Waals surface area contributed by atoms with Crippen molar-refractivity contribution in [2.75, 3.05) is 6.61 Å². The third kappa shape index (κ3) is 5.38. The molecule has 1 rings (SSSR count). The second-order valence-electron chi connectivity index (χ2n) is 4.47. The molecule has 0 heterocycles. The highest BCUT2D eigenvalue weighted by atomic mass is 35.5. The van der Waals surface area contributed by atoms with Crippen LogP contribution < -0.4 is 5.32 Å². The number of ether oxygens (including phenoxy) is 1. The Balaban J connectivity index is 2.61. The van der Waals surface area contributed by atoms with E-state index in [1.54, 1.807) is 18.2 Å². The molecule has 20 heavy (non-hydrogen) atoms. The molecule has 0 spiro atoms. The predicted octanol–water partition coefficient (Wildman–Crippen LogP) is 3.49. The molecule has 0 radical (unpaired) electrons. The zero-order valence-corrected chi connectivity index (χ0v) is 12.8. The number of nitrogens with one attached hydrogen (secondary N) is 1. The van der Waals surface area contributed by atoms with Crippen LogP contribution in [0.3, 0.4) is 0 Å². The molecule has 4 nitrogen and oxygen atoms in total. The first kappa shape index (κ1) is 16.8. The molecule has 0 unspecified atom stereocenters. The van der Waals surface area contributed by atoms with Gasteiger partial charge < -0.3 is 10.1 Å². The van der Waals surface area contributed by atoms with Gasteiger partial charge in [0, 0.05) is 0 Å². The Bertz CT molecular complexity index is 512. The van der Waals surface area contributed by atoms with Crippen LogP contribution >= 0.6 is 23.2 Å². The number of halogens is 2. The third-order valence-electron chi connectivity index (χ3n) is 2.49. The van der Waals surface area contributed by atoms with E-state index in [9.17, 15) is 4.79 Å². The first-order chi connectivity index (χ1) is 9.43. The molecule has 0 saturated heterocycles. The van der Waals surface area contributed by atoms with Crippen molar-refractivity contribution in [3.8, 4) is 6.07 Å². The molecule has 1 N–H and O–H groups in total. The van der Waals surface area contributed by atoms with E-state index >= 15 is 0 Å². The van der Waals surface area contributed by atoms with Gasteiger partial charge in [0.2, 0.25) is 5.91 Å². The maximum Gasteiger partial charge on any atom is 0.223 e. The zero-order chi connectivity index (χ0) is 15.1. The molecule has 0 aliphatic rings. The van der Waals surface area contributed by atoms with Gasteiger partial charge in [0.25, 0.3) is 0 Å². The molecule has 108 valence electrons. The summed E-state index contributed by atoms with van der Waals surface area (Å²) in [5, 5.41) is 12.5. The highest BCUT2D eigenvalue weighted by molar-refractivity contribution is 6.42.